The quantitative estimate of drug-likeness (QED) is 0.861. The van der Waals surface area contributed by atoms with Crippen LogP contribution in [0, 0.1) is 6.92 Å². The largest absolute Gasteiger partial charge is 0.348 e. The van der Waals surface area contributed by atoms with Crippen molar-refractivity contribution >= 4 is 27.1 Å². The smallest absolute Gasteiger partial charge is 0.261 e. The van der Waals surface area contributed by atoms with Crippen molar-refractivity contribution in [3.8, 4) is 0 Å². The van der Waals surface area contributed by atoms with E-state index in [-0.39, 0.29) is 23.5 Å². The van der Waals surface area contributed by atoms with Crippen molar-refractivity contribution in [2.45, 2.75) is 19.4 Å². The van der Waals surface area contributed by atoms with Crippen LogP contribution in [0.1, 0.15) is 21.7 Å². The number of rotatable bonds is 2. The topological polar surface area (TPSA) is 63.2 Å². The Balaban J connectivity index is 2.02. The van der Waals surface area contributed by atoms with Crippen LogP contribution >= 0.6 is 11.3 Å². The van der Waals surface area contributed by atoms with Crippen LogP contribution in [0.2, 0.25) is 0 Å². The number of hydrogen-bond donors (Lipinski definition) is 1. The van der Waals surface area contributed by atoms with Crippen molar-refractivity contribution in [2.75, 3.05) is 11.5 Å². The van der Waals surface area contributed by atoms with E-state index in [1.165, 1.54) is 11.3 Å². The lowest BCUT2D eigenvalue weighted by Gasteiger charge is -2.09. The van der Waals surface area contributed by atoms with E-state index < -0.39 is 9.84 Å². The van der Waals surface area contributed by atoms with Crippen LogP contribution in [-0.2, 0) is 9.84 Å². The first-order valence-corrected chi connectivity index (χ1v) is 7.73. The highest BCUT2D eigenvalue weighted by Gasteiger charge is 2.29. The van der Waals surface area contributed by atoms with Gasteiger partial charge < -0.3 is 5.32 Å². The second kappa shape index (κ2) is 4.18. The minimum absolute atomic E-state index is 0.0726. The molecule has 1 atom stereocenters. The highest BCUT2D eigenvalue weighted by atomic mass is 32.2. The van der Waals surface area contributed by atoms with Crippen molar-refractivity contribution in [2.24, 2.45) is 0 Å². The average Bonchev–Trinajstić information content (AvgIpc) is 2.72. The first-order valence-electron chi connectivity index (χ1n) is 5.03. The maximum absolute atomic E-state index is 11.8. The van der Waals surface area contributed by atoms with Crippen LogP contribution in [0.3, 0.4) is 0 Å². The molecule has 0 saturated carbocycles. The number of nitrogens with one attached hydrogen (secondary N) is 1. The molecular formula is C10H13NO3S2. The number of amides is 1. The molecule has 0 radical (unpaired) electrons. The molecule has 16 heavy (non-hydrogen) atoms. The number of sulfone groups is 1. The summed E-state index contributed by atoms with van der Waals surface area (Å²) in [7, 11) is -2.93. The standard InChI is InChI=1S/C10H13NO3S2/c1-7-2-4-15-9(7)10(12)11-8-3-5-16(13,14)6-8/h2,4,8H,3,5-6H2,1H3,(H,11,12)/t8-/m1/s1. The molecule has 4 nitrogen and oxygen atoms in total. The van der Waals surface area contributed by atoms with Gasteiger partial charge in [-0.15, -0.1) is 11.3 Å². The average molecular weight is 259 g/mol. The molecule has 1 aromatic rings. The Labute approximate surface area is 98.6 Å². The Kier molecular flexibility index (Phi) is 3.03. The number of thiophene rings is 1. The molecule has 6 heteroatoms. The van der Waals surface area contributed by atoms with E-state index in [4.69, 9.17) is 0 Å². The van der Waals surface area contributed by atoms with Gasteiger partial charge in [-0.1, -0.05) is 0 Å². The van der Waals surface area contributed by atoms with Crippen LogP contribution in [-0.4, -0.2) is 31.9 Å². The molecule has 1 aliphatic heterocycles. The molecule has 0 unspecified atom stereocenters. The normalized spacial score (nSPS) is 23.2. The summed E-state index contributed by atoms with van der Waals surface area (Å²) in [5, 5.41) is 4.63. The number of carbonyl (C=O) groups is 1. The van der Waals surface area contributed by atoms with Gasteiger partial charge in [-0.3, -0.25) is 4.79 Å². The molecule has 1 fully saturated rings. The van der Waals surface area contributed by atoms with E-state index in [1.807, 2.05) is 18.4 Å². The molecule has 1 amide bonds. The summed E-state index contributed by atoms with van der Waals surface area (Å²) < 4.78 is 22.5. The third kappa shape index (κ3) is 2.44. The summed E-state index contributed by atoms with van der Waals surface area (Å²) in [4.78, 5) is 12.5. The fourth-order valence-electron chi connectivity index (χ4n) is 1.77. The van der Waals surface area contributed by atoms with Gasteiger partial charge in [0, 0.05) is 6.04 Å². The maximum Gasteiger partial charge on any atom is 0.261 e. The summed E-state index contributed by atoms with van der Waals surface area (Å²) in [5.74, 6) is 0.0967. The Morgan fingerprint density at radius 2 is 2.31 bits per heavy atom. The molecule has 0 spiro atoms. The van der Waals surface area contributed by atoms with E-state index in [0.29, 0.717) is 11.3 Å². The van der Waals surface area contributed by atoms with Gasteiger partial charge in [-0.05, 0) is 30.4 Å². The lowest BCUT2D eigenvalue weighted by Crippen LogP contribution is -2.35. The summed E-state index contributed by atoms with van der Waals surface area (Å²) in [6, 6.07) is 1.66. The lowest BCUT2D eigenvalue weighted by molar-refractivity contribution is 0.0944. The molecule has 1 aliphatic rings. The maximum atomic E-state index is 11.8. The lowest BCUT2D eigenvalue weighted by atomic mass is 10.2. The summed E-state index contributed by atoms with van der Waals surface area (Å²) in [6.07, 6.45) is 0.526. The number of carbonyl (C=O) groups excluding carboxylic acids is 1. The third-order valence-electron chi connectivity index (χ3n) is 2.64. The van der Waals surface area contributed by atoms with Gasteiger partial charge in [-0.25, -0.2) is 8.42 Å². The minimum atomic E-state index is -2.93. The molecule has 2 rings (SSSR count). The highest BCUT2D eigenvalue weighted by molar-refractivity contribution is 7.91. The van der Waals surface area contributed by atoms with Crippen molar-refractivity contribution in [1.82, 2.24) is 5.32 Å². The SMILES string of the molecule is Cc1ccsc1C(=O)N[C@@H]1CCS(=O)(=O)C1. The van der Waals surface area contributed by atoms with Gasteiger partial charge in [-0.2, -0.15) is 0 Å². The van der Waals surface area contributed by atoms with Gasteiger partial charge >= 0.3 is 0 Å². The van der Waals surface area contributed by atoms with E-state index >= 15 is 0 Å². The van der Waals surface area contributed by atoms with E-state index in [9.17, 15) is 13.2 Å². The molecule has 1 aromatic heterocycles. The van der Waals surface area contributed by atoms with Crippen molar-refractivity contribution < 1.29 is 13.2 Å². The molecule has 1 N–H and O–H groups in total. The first-order chi connectivity index (χ1) is 7.48. The molecule has 2 heterocycles. The Hall–Kier alpha value is -0.880. The van der Waals surface area contributed by atoms with Gasteiger partial charge in [0.15, 0.2) is 9.84 Å². The van der Waals surface area contributed by atoms with Crippen molar-refractivity contribution in [3.63, 3.8) is 0 Å². The van der Waals surface area contributed by atoms with E-state index in [2.05, 4.69) is 5.32 Å². The van der Waals surface area contributed by atoms with Crippen LogP contribution in [0.5, 0.6) is 0 Å². The Morgan fingerprint density at radius 3 is 2.81 bits per heavy atom. The predicted octanol–water partition coefficient (Wildman–Crippen LogP) is 0.973. The molecule has 0 aromatic carbocycles. The molecule has 88 valence electrons. The van der Waals surface area contributed by atoms with Gasteiger partial charge in [0.05, 0.1) is 16.4 Å². The van der Waals surface area contributed by atoms with Crippen LogP contribution in [0.4, 0.5) is 0 Å². The predicted molar refractivity (Wildman–Crippen MR) is 63.6 cm³/mol. The van der Waals surface area contributed by atoms with Gasteiger partial charge in [0.1, 0.15) is 0 Å². The number of hydrogen-bond acceptors (Lipinski definition) is 4. The zero-order chi connectivity index (χ0) is 11.8. The Morgan fingerprint density at radius 1 is 1.56 bits per heavy atom. The molecule has 1 saturated heterocycles. The summed E-state index contributed by atoms with van der Waals surface area (Å²) in [5.41, 5.74) is 0.934. The fourth-order valence-corrected chi connectivity index (χ4v) is 4.27. The van der Waals surface area contributed by atoms with E-state index in [1.54, 1.807) is 0 Å². The minimum Gasteiger partial charge on any atom is -0.348 e. The Bertz CT molecular complexity index is 504. The highest BCUT2D eigenvalue weighted by Crippen LogP contribution is 2.17. The van der Waals surface area contributed by atoms with Crippen molar-refractivity contribution in [3.05, 3.63) is 21.9 Å². The molecular weight excluding hydrogens is 246 g/mol. The monoisotopic (exact) mass is 259 g/mol. The van der Waals surface area contributed by atoms with Crippen LogP contribution < -0.4 is 5.32 Å². The van der Waals surface area contributed by atoms with Gasteiger partial charge in [0.25, 0.3) is 5.91 Å². The van der Waals surface area contributed by atoms with Crippen molar-refractivity contribution in [1.29, 1.82) is 0 Å². The third-order valence-corrected chi connectivity index (χ3v) is 5.42. The van der Waals surface area contributed by atoms with E-state index in [0.717, 1.165) is 5.56 Å². The van der Waals surface area contributed by atoms with Gasteiger partial charge in [0.2, 0.25) is 0 Å². The second-order valence-corrected chi connectivity index (χ2v) is 7.15. The molecule has 0 aliphatic carbocycles. The fraction of sp³-hybridized carbons (Fsp3) is 0.500. The second-order valence-electron chi connectivity index (χ2n) is 4.01. The zero-order valence-electron chi connectivity index (χ0n) is 8.89. The van der Waals surface area contributed by atoms with Crippen LogP contribution in [0.15, 0.2) is 11.4 Å². The molecule has 0 bridgehead atoms. The summed E-state index contributed by atoms with van der Waals surface area (Å²) in [6.45, 7) is 1.87. The summed E-state index contributed by atoms with van der Waals surface area (Å²) >= 11 is 1.38. The number of aryl methyl sites for hydroxylation is 1. The first kappa shape index (κ1) is 11.6. The van der Waals surface area contributed by atoms with Crippen LogP contribution in [0.25, 0.3) is 0 Å². The zero-order valence-corrected chi connectivity index (χ0v) is 10.5.